The first kappa shape index (κ1) is 17.7. The third kappa shape index (κ3) is 3.87. The van der Waals surface area contributed by atoms with Crippen LogP contribution in [0.1, 0.15) is 11.3 Å². The normalized spacial score (nSPS) is 12.6. The van der Waals surface area contributed by atoms with Gasteiger partial charge in [-0.15, -0.1) is 0 Å². The Balaban J connectivity index is 1.43. The number of pyridine rings is 2. The van der Waals surface area contributed by atoms with Gasteiger partial charge in [0.2, 0.25) is 5.88 Å². The Hall–Kier alpha value is -2.68. The van der Waals surface area contributed by atoms with Gasteiger partial charge < -0.3 is 10.1 Å². The number of rotatable bonds is 3. The molecule has 2 aromatic heterocycles. The summed E-state index contributed by atoms with van der Waals surface area (Å²) in [6.45, 7) is 2.55. The van der Waals surface area contributed by atoms with Gasteiger partial charge in [0, 0.05) is 28.1 Å². The van der Waals surface area contributed by atoms with Gasteiger partial charge >= 0.3 is 6.03 Å². The SMILES string of the molecule is Cc1ncccc1Oc1ccc(NC(=O)N2CCc3cc(I)ccc32)cn1. The van der Waals surface area contributed by atoms with Crippen molar-refractivity contribution < 1.29 is 9.53 Å². The van der Waals surface area contributed by atoms with E-state index < -0.39 is 0 Å². The van der Waals surface area contributed by atoms with Gasteiger partial charge in [0.1, 0.15) is 0 Å². The number of hydrogen-bond acceptors (Lipinski definition) is 4. The number of fused-ring (bicyclic) bond motifs is 1. The Labute approximate surface area is 170 Å². The second-order valence-electron chi connectivity index (χ2n) is 6.18. The minimum absolute atomic E-state index is 0.159. The van der Waals surface area contributed by atoms with Crippen molar-refractivity contribution in [1.29, 1.82) is 0 Å². The molecule has 0 saturated carbocycles. The molecule has 3 heterocycles. The van der Waals surface area contributed by atoms with Crippen LogP contribution in [0.5, 0.6) is 11.6 Å². The zero-order valence-corrected chi connectivity index (χ0v) is 16.8. The van der Waals surface area contributed by atoms with Crippen LogP contribution in [0.25, 0.3) is 0 Å². The molecular formula is C20H17IN4O2. The highest BCUT2D eigenvalue weighted by Crippen LogP contribution is 2.30. The molecule has 0 saturated heterocycles. The number of hydrogen-bond donors (Lipinski definition) is 1. The topological polar surface area (TPSA) is 67.3 Å². The van der Waals surface area contributed by atoms with Crippen molar-refractivity contribution in [3.05, 3.63) is 69.7 Å². The van der Waals surface area contributed by atoms with E-state index in [9.17, 15) is 4.79 Å². The highest BCUT2D eigenvalue weighted by Gasteiger charge is 2.24. The van der Waals surface area contributed by atoms with Gasteiger partial charge in [-0.05, 0) is 77.9 Å². The summed E-state index contributed by atoms with van der Waals surface area (Å²) in [4.78, 5) is 22.8. The van der Waals surface area contributed by atoms with E-state index in [0.29, 0.717) is 23.9 Å². The summed E-state index contributed by atoms with van der Waals surface area (Å²) >= 11 is 2.29. The minimum Gasteiger partial charge on any atom is -0.437 e. The van der Waals surface area contributed by atoms with Crippen molar-refractivity contribution >= 4 is 40.0 Å². The first-order chi connectivity index (χ1) is 13.1. The lowest BCUT2D eigenvalue weighted by molar-refractivity contribution is 0.257. The lowest BCUT2D eigenvalue weighted by Gasteiger charge is -2.18. The molecule has 3 aromatic rings. The maximum absolute atomic E-state index is 12.6. The quantitative estimate of drug-likeness (QED) is 0.558. The lowest BCUT2D eigenvalue weighted by atomic mass is 10.2. The Morgan fingerprint density at radius 2 is 2.11 bits per heavy atom. The van der Waals surface area contributed by atoms with Crippen LogP contribution in [0.2, 0.25) is 0 Å². The second kappa shape index (κ2) is 7.51. The fourth-order valence-electron chi connectivity index (χ4n) is 2.98. The molecule has 7 heteroatoms. The molecule has 2 amide bonds. The number of nitrogens with zero attached hydrogens (tertiary/aromatic N) is 3. The third-order valence-corrected chi connectivity index (χ3v) is 5.01. The van der Waals surface area contributed by atoms with Crippen LogP contribution in [-0.2, 0) is 6.42 Å². The number of halogens is 1. The van der Waals surface area contributed by atoms with Crippen LogP contribution in [0.4, 0.5) is 16.2 Å². The summed E-state index contributed by atoms with van der Waals surface area (Å²) in [6.07, 6.45) is 4.17. The molecule has 0 atom stereocenters. The number of carbonyl (C=O) groups is 1. The number of anilines is 2. The predicted molar refractivity (Wildman–Crippen MR) is 113 cm³/mol. The number of aryl methyl sites for hydroxylation is 1. The fraction of sp³-hybridized carbons (Fsp3) is 0.150. The number of aromatic nitrogens is 2. The van der Waals surface area contributed by atoms with Crippen LogP contribution >= 0.6 is 22.6 Å². The van der Waals surface area contributed by atoms with Gasteiger partial charge in [0.05, 0.1) is 17.6 Å². The van der Waals surface area contributed by atoms with Gasteiger partial charge in [-0.1, -0.05) is 0 Å². The molecule has 6 nitrogen and oxygen atoms in total. The number of carbonyl (C=O) groups excluding carboxylic acids is 1. The summed E-state index contributed by atoms with van der Waals surface area (Å²) in [5.74, 6) is 1.11. The number of benzene rings is 1. The molecule has 4 rings (SSSR count). The van der Waals surface area contributed by atoms with Gasteiger partial charge in [0.25, 0.3) is 0 Å². The van der Waals surface area contributed by atoms with Crippen LogP contribution in [0.15, 0.2) is 54.9 Å². The van der Waals surface area contributed by atoms with E-state index in [-0.39, 0.29) is 6.03 Å². The molecule has 0 bridgehead atoms. The van der Waals surface area contributed by atoms with E-state index >= 15 is 0 Å². The Kier molecular flexibility index (Phi) is 4.93. The van der Waals surface area contributed by atoms with Crippen LogP contribution in [0.3, 0.4) is 0 Å². The van der Waals surface area contributed by atoms with Crippen LogP contribution < -0.4 is 15.0 Å². The van der Waals surface area contributed by atoms with Gasteiger partial charge in [-0.3, -0.25) is 9.88 Å². The van der Waals surface area contributed by atoms with Crippen molar-refractivity contribution in [3.8, 4) is 11.6 Å². The Bertz CT molecular complexity index is 992. The monoisotopic (exact) mass is 472 g/mol. The van der Waals surface area contributed by atoms with E-state index in [4.69, 9.17) is 4.74 Å². The molecular weight excluding hydrogens is 455 g/mol. The minimum atomic E-state index is -0.159. The maximum Gasteiger partial charge on any atom is 0.326 e. The van der Waals surface area contributed by atoms with Gasteiger partial charge in [-0.2, -0.15) is 0 Å². The van der Waals surface area contributed by atoms with E-state index in [1.54, 1.807) is 29.4 Å². The predicted octanol–water partition coefficient (Wildman–Crippen LogP) is 4.78. The summed E-state index contributed by atoms with van der Waals surface area (Å²) in [5.41, 5.74) is 3.58. The Morgan fingerprint density at radius 3 is 2.89 bits per heavy atom. The molecule has 27 heavy (non-hydrogen) atoms. The second-order valence-corrected chi connectivity index (χ2v) is 7.42. The van der Waals surface area contributed by atoms with E-state index in [0.717, 1.165) is 17.8 Å². The van der Waals surface area contributed by atoms with Crippen molar-refractivity contribution in [1.82, 2.24) is 9.97 Å². The molecule has 1 aliphatic rings. The maximum atomic E-state index is 12.6. The number of urea groups is 1. The van der Waals surface area contributed by atoms with Crippen molar-refractivity contribution in [3.63, 3.8) is 0 Å². The molecule has 0 unspecified atom stereocenters. The largest absolute Gasteiger partial charge is 0.437 e. The molecule has 1 aliphatic heterocycles. The molecule has 1 N–H and O–H groups in total. The lowest BCUT2D eigenvalue weighted by Crippen LogP contribution is -2.33. The summed E-state index contributed by atoms with van der Waals surface area (Å²) in [5, 5.41) is 2.90. The molecule has 0 spiro atoms. The number of nitrogens with one attached hydrogen (secondary N) is 1. The zero-order valence-electron chi connectivity index (χ0n) is 14.6. The number of amides is 2. The fourth-order valence-corrected chi connectivity index (χ4v) is 3.53. The van der Waals surface area contributed by atoms with E-state index in [1.165, 1.54) is 9.13 Å². The van der Waals surface area contributed by atoms with Gasteiger partial charge in [0.15, 0.2) is 5.75 Å². The van der Waals surface area contributed by atoms with Crippen molar-refractivity contribution in [2.45, 2.75) is 13.3 Å². The van der Waals surface area contributed by atoms with E-state index in [2.05, 4.69) is 43.9 Å². The molecule has 0 aliphatic carbocycles. The molecule has 0 radical (unpaired) electrons. The smallest absolute Gasteiger partial charge is 0.326 e. The van der Waals surface area contributed by atoms with Gasteiger partial charge in [-0.25, -0.2) is 9.78 Å². The Morgan fingerprint density at radius 1 is 1.22 bits per heavy atom. The van der Waals surface area contributed by atoms with Crippen molar-refractivity contribution in [2.24, 2.45) is 0 Å². The van der Waals surface area contributed by atoms with Crippen molar-refractivity contribution in [2.75, 3.05) is 16.8 Å². The molecule has 0 fully saturated rings. The van der Waals surface area contributed by atoms with Crippen LogP contribution in [-0.4, -0.2) is 22.5 Å². The van der Waals surface area contributed by atoms with E-state index in [1.807, 2.05) is 31.2 Å². The first-order valence-electron chi connectivity index (χ1n) is 8.52. The highest BCUT2D eigenvalue weighted by molar-refractivity contribution is 14.1. The average Bonchev–Trinajstić information content (AvgIpc) is 3.08. The van der Waals surface area contributed by atoms with Crippen LogP contribution in [0, 0.1) is 10.5 Å². The zero-order chi connectivity index (χ0) is 18.8. The highest BCUT2D eigenvalue weighted by atomic mass is 127. The molecule has 1 aromatic carbocycles. The first-order valence-corrected chi connectivity index (χ1v) is 9.60. The summed E-state index contributed by atoms with van der Waals surface area (Å²) in [7, 11) is 0. The molecule has 136 valence electrons. The third-order valence-electron chi connectivity index (χ3n) is 4.34. The summed E-state index contributed by atoms with van der Waals surface area (Å²) in [6, 6.07) is 13.1. The summed E-state index contributed by atoms with van der Waals surface area (Å²) < 4.78 is 6.91. The number of ether oxygens (including phenoxy) is 1. The standard InChI is InChI=1S/C20H17IN4O2/c1-13-18(3-2-9-22-13)27-19-7-5-16(12-23-19)24-20(26)25-10-8-14-11-15(21)4-6-17(14)25/h2-7,9,11-12H,8,10H2,1H3,(H,24,26). The average molecular weight is 472 g/mol.